The van der Waals surface area contributed by atoms with Gasteiger partial charge in [-0.2, -0.15) is 0 Å². The van der Waals surface area contributed by atoms with Gasteiger partial charge in [-0.15, -0.1) is 0 Å². The molecule has 0 aliphatic heterocycles. The fourth-order valence-corrected chi connectivity index (χ4v) is 3.38. The average molecular weight is 425 g/mol. The highest BCUT2D eigenvalue weighted by atomic mass is 16.6. The van der Waals surface area contributed by atoms with Crippen molar-refractivity contribution in [1.82, 2.24) is 0 Å². The van der Waals surface area contributed by atoms with Crippen LogP contribution in [-0.4, -0.2) is 16.7 Å². The molecule has 0 fully saturated rings. The molecule has 0 aromatic heterocycles. The molecule has 4 aromatic rings. The predicted molar refractivity (Wildman–Crippen MR) is 124 cm³/mol. The van der Waals surface area contributed by atoms with Crippen LogP contribution in [0.4, 0.5) is 17.1 Å². The van der Waals surface area contributed by atoms with Crippen LogP contribution in [0.1, 0.15) is 26.3 Å². The number of non-ortho nitro benzene ring substituents is 1. The van der Waals surface area contributed by atoms with Gasteiger partial charge in [-0.3, -0.25) is 19.7 Å². The largest absolute Gasteiger partial charge is 0.322 e. The molecule has 7 heteroatoms. The fraction of sp³-hybridized carbons (Fsp3) is 0.0400. The van der Waals surface area contributed by atoms with Crippen molar-refractivity contribution in [2.24, 2.45) is 0 Å². The number of amides is 2. The Balaban J connectivity index is 1.57. The Morgan fingerprint density at radius 3 is 2.19 bits per heavy atom. The average Bonchev–Trinajstić information content (AvgIpc) is 2.80. The molecule has 0 atom stereocenters. The minimum absolute atomic E-state index is 0.157. The minimum atomic E-state index is -0.555. The summed E-state index contributed by atoms with van der Waals surface area (Å²) >= 11 is 0. The summed E-state index contributed by atoms with van der Waals surface area (Å²) in [5.41, 5.74) is 2.26. The summed E-state index contributed by atoms with van der Waals surface area (Å²) in [5, 5.41) is 18.6. The van der Waals surface area contributed by atoms with Crippen LogP contribution in [0.5, 0.6) is 0 Å². The molecule has 0 saturated carbocycles. The quantitative estimate of drug-likeness (QED) is 0.323. The van der Waals surface area contributed by atoms with E-state index in [4.69, 9.17) is 0 Å². The third-order valence-electron chi connectivity index (χ3n) is 5.10. The zero-order valence-corrected chi connectivity index (χ0v) is 17.2. The Morgan fingerprint density at radius 1 is 0.750 bits per heavy atom. The summed E-state index contributed by atoms with van der Waals surface area (Å²) in [7, 11) is 0. The van der Waals surface area contributed by atoms with E-state index in [-0.39, 0.29) is 17.2 Å². The summed E-state index contributed by atoms with van der Waals surface area (Å²) < 4.78 is 0. The summed E-state index contributed by atoms with van der Waals surface area (Å²) in [5.74, 6) is -0.810. The number of aryl methyl sites for hydroxylation is 1. The van der Waals surface area contributed by atoms with Gasteiger partial charge in [-0.05, 0) is 42.1 Å². The lowest BCUT2D eigenvalue weighted by atomic mass is 10.1. The minimum Gasteiger partial charge on any atom is -0.322 e. The van der Waals surface area contributed by atoms with Crippen LogP contribution in [-0.2, 0) is 0 Å². The zero-order valence-electron chi connectivity index (χ0n) is 17.2. The maximum absolute atomic E-state index is 12.9. The standard InChI is InChI=1S/C25H19N3O4/c1-16-12-13-19(25(30)26-22-11-5-7-17-6-2-3-10-21(17)22)15-23(16)27-24(29)18-8-4-9-20(14-18)28(31)32/h2-15H,1H3,(H,26,30)(H,27,29). The van der Waals surface area contributed by atoms with Gasteiger partial charge in [0.1, 0.15) is 0 Å². The Hall–Kier alpha value is -4.52. The van der Waals surface area contributed by atoms with Gasteiger partial charge in [0.25, 0.3) is 17.5 Å². The molecule has 0 aliphatic carbocycles. The van der Waals surface area contributed by atoms with Gasteiger partial charge in [0.05, 0.1) is 4.92 Å². The fourth-order valence-electron chi connectivity index (χ4n) is 3.38. The van der Waals surface area contributed by atoms with Crippen LogP contribution in [0.3, 0.4) is 0 Å². The van der Waals surface area contributed by atoms with E-state index in [0.717, 1.165) is 16.3 Å². The van der Waals surface area contributed by atoms with E-state index >= 15 is 0 Å². The second-order valence-electron chi connectivity index (χ2n) is 7.27. The van der Waals surface area contributed by atoms with Crippen LogP contribution in [0, 0.1) is 17.0 Å². The highest BCUT2D eigenvalue weighted by molar-refractivity contribution is 6.10. The van der Waals surface area contributed by atoms with Crippen molar-refractivity contribution < 1.29 is 14.5 Å². The molecule has 0 unspecified atom stereocenters. The molecule has 0 bridgehead atoms. The van der Waals surface area contributed by atoms with Crippen LogP contribution in [0.2, 0.25) is 0 Å². The van der Waals surface area contributed by atoms with Crippen molar-refractivity contribution in [1.29, 1.82) is 0 Å². The van der Waals surface area contributed by atoms with Crippen LogP contribution >= 0.6 is 0 Å². The lowest BCUT2D eigenvalue weighted by Gasteiger charge is -2.12. The van der Waals surface area contributed by atoms with Crippen molar-refractivity contribution in [2.75, 3.05) is 10.6 Å². The third kappa shape index (κ3) is 4.32. The van der Waals surface area contributed by atoms with E-state index in [1.54, 1.807) is 25.1 Å². The maximum Gasteiger partial charge on any atom is 0.270 e. The van der Waals surface area contributed by atoms with Gasteiger partial charge < -0.3 is 10.6 Å². The molecule has 4 aromatic carbocycles. The van der Waals surface area contributed by atoms with Crippen molar-refractivity contribution in [3.05, 3.63) is 112 Å². The Morgan fingerprint density at radius 2 is 1.41 bits per heavy atom. The number of rotatable bonds is 5. The van der Waals surface area contributed by atoms with E-state index in [1.807, 2.05) is 42.5 Å². The molecule has 32 heavy (non-hydrogen) atoms. The SMILES string of the molecule is Cc1ccc(C(=O)Nc2cccc3ccccc23)cc1NC(=O)c1cccc([N+](=O)[O-])c1. The van der Waals surface area contributed by atoms with E-state index < -0.39 is 10.8 Å². The maximum atomic E-state index is 12.9. The second kappa shape index (κ2) is 8.69. The first-order chi connectivity index (χ1) is 15.4. The van der Waals surface area contributed by atoms with Crippen LogP contribution in [0.15, 0.2) is 84.9 Å². The monoisotopic (exact) mass is 425 g/mol. The number of nitro groups is 1. The number of carbonyl (C=O) groups excluding carboxylic acids is 2. The zero-order chi connectivity index (χ0) is 22.7. The van der Waals surface area contributed by atoms with E-state index in [2.05, 4.69) is 10.6 Å². The molecule has 158 valence electrons. The molecule has 4 rings (SSSR count). The van der Waals surface area contributed by atoms with Gasteiger partial charge in [-0.25, -0.2) is 0 Å². The molecular weight excluding hydrogens is 406 g/mol. The number of hydrogen-bond acceptors (Lipinski definition) is 4. The second-order valence-corrected chi connectivity index (χ2v) is 7.27. The van der Waals surface area contributed by atoms with Gasteiger partial charge in [0.2, 0.25) is 0 Å². The number of anilines is 2. The Bertz CT molecular complexity index is 1360. The predicted octanol–water partition coefficient (Wildman–Crippen LogP) is 5.56. The van der Waals surface area contributed by atoms with E-state index in [9.17, 15) is 19.7 Å². The third-order valence-corrected chi connectivity index (χ3v) is 5.10. The number of nitrogens with one attached hydrogen (secondary N) is 2. The lowest BCUT2D eigenvalue weighted by molar-refractivity contribution is -0.384. The molecule has 7 nitrogen and oxygen atoms in total. The van der Waals surface area contributed by atoms with Crippen LogP contribution < -0.4 is 10.6 Å². The number of nitrogens with zero attached hydrogens (tertiary/aromatic N) is 1. The van der Waals surface area contributed by atoms with E-state index in [0.29, 0.717) is 16.9 Å². The summed E-state index contributed by atoms with van der Waals surface area (Å²) in [6.45, 7) is 1.80. The molecule has 2 N–H and O–H groups in total. The van der Waals surface area contributed by atoms with Crippen LogP contribution in [0.25, 0.3) is 10.8 Å². The number of hydrogen-bond donors (Lipinski definition) is 2. The summed E-state index contributed by atoms with van der Waals surface area (Å²) in [6, 6.07) is 23.9. The molecule has 2 amide bonds. The van der Waals surface area contributed by atoms with Gasteiger partial charge in [-0.1, -0.05) is 48.5 Å². The first-order valence-electron chi connectivity index (χ1n) is 9.88. The van der Waals surface area contributed by atoms with Crippen molar-refractivity contribution in [3.63, 3.8) is 0 Å². The molecule has 0 saturated heterocycles. The Labute approximate surface area is 183 Å². The number of carbonyl (C=O) groups is 2. The highest BCUT2D eigenvalue weighted by Gasteiger charge is 2.15. The number of fused-ring (bicyclic) bond motifs is 1. The Kier molecular flexibility index (Phi) is 5.63. The number of benzene rings is 4. The lowest BCUT2D eigenvalue weighted by Crippen LogP contribution is -2.15. The van der Waals surface area contributed by atoms with Crippen molar-refractivity contribution in [3.8, 4) is 0 Å². The number of nitro benzene ring substituents is 1. The molecule has 0 aliphatic rings. The van der Waals surface area contributed by atoms with Gasteiger partial charge in [0.15, 0.2) is 0 Å². The summed E-state index contributed by atoms with van der Waals surface area (Å²) in [4.78, 5) is 35.9. The smallest absolute Gasteiger partial charge is 0.270 e. The van der Waals surface area contributed by atoms with Gasteiger partial charge in [0, 0.05) is 40.0 Å². The molecular formula is C25H19N3O4. The molecule has 0 spiro atoms. The molecule has 0 radical (unpaired) electrons. The highest BCUT2D eigenvalue weighted by Crippen LogP contribution is 2.25. The first kappa shape index (κ1) is 20.7. The normalized spacial score (nSPS) is 10.5. The van der Waals surface area contributed by atoms with Crippen molar-refractivity contribution >= 4 is 39.6 Å². The van der Waals surface area contributed by atoms with Crippen molar-refractivity contribution in [2.45, 2.75) is 6.92 Å². The van der Waals surface area contributed by atoms with Gasteiger partial charge >= 0.3 is 0 Å². The van der Waals surface area contributed by atoms with E-state index in [1.165, 1.54) is 24.3 Å². The first-order valence-corrected chi connectivity index (χ1v) is 9.88. The summed E-state index contributed by atoms with van der Waals surface area (Å²) in [6.07, 6.45) is 0. The topological polar surface area (TPSA) is 101 Å². The molecule has 0 heterocycles.